The molecule has 2 unspecified atom stereocenters. The average molecular weight is 957 g/mol. The van der Waals surface area contributed by atoms with Crippen molar-refractivity contribution in [2.75, 3.05) is 13.2 Å². The normalized spacial score (nSPS) is 12.8. The molecule has 0 saturated carbocycles. The van der Waals surface area contributed by atoms with Gasteiger partial charge in [-0.25, -0.2) is 0 Å². The molecule has 6 nitrogen and oxygen atoms in total. The molecule has 0 aromatic carbocycles. The van der Waals surface area contributed by atoms with Gasteiger partial charge in [0.2, 0.25) is 5.91 Å². The third-order valence-electron chi connectivity index (χ3n) is 13.9. The fraction of sp³-hybridized carbons (Fsp3) is 0.871. The number of carbonyl (C=O) groups is 2. The van der Waals surface area contributed by atoms with Gasteiger partial charge < -0.3 is 20.3 Å². The maximum absolute atomic E-state index is 12.5. The van der Waals surface area contributed by atoms with Gasteiger partial charge in [-0.05, 0) is 83.5 Å². The molecule has 400 valence electrons. The summed E-state index contributed by atoms with van der Waals surface area (Å²) in [6.07, 6.45) is 71.7. The first-order valence-corrected chi connectivity index (χ1v) is 30.3. The van der Waals surface area contributed by atoms with Gasteiger partial charge in [0.25, 0.3) is 0 Å². The summed E-state index contributed by atoms with van der Waals surface area (Å²) >= 11 is 0. The van der Waals surface area contributed by atoms with Crippen LogP contribution in [0.5, 0.6) is 0 Å². The Labute approximate surface area is 424 Å². The Morgan fingerprint density at radius 3 is 1.06 bits per heavy atom. The number of nitrogens with one attached hydrogen (secondary N) is 1. The molecule has 0 spiro atoms. The fourth-order valence-corrected chi connectivity index (χ4v) is 9.21. The van der Waals surface area contributed by atoms with Crippen LogP contribution in [-0.2, 0) is 14.3 Å². The lowest BCUT2D eigenvalue weighted by Crippen LogP contribution is -2.45. The maximum Gasteiger partial charge on any atom is 0.305 e. The van der Waals surface area contributed by atoms with Crippen molar-refractivity contribution < 1.29 is 24.5 Å². The fourth-order valence-electron chi connectivity index (χ4n) is 9.21. The van der Waals surface area contributed by atoms with E-state index in [0.29, 0.717) is 19.4 Å². The molecule has 3 N–H and O–H groups in total. The first-order chi connectivity index (χ1) is 33.5. The zero-order valence-corrected chi connectivity index (χ0v) is 45.6. The molecule has 0 aliphatic rings. The summed E-state index contributed by atoms with van der Waals surface area (Å²) in [5.41, 5.74) is 0. The van der Waals surface area contributed by atoms with E-state index < -0.39 is 12.1 Å². The summed E-state index contributed by atoms with van der Waals surface area (Å²) in [5.74, 6) is -0.0789. The quantitative estimate of drug-likeness (QED) is 0.0321. The highest BCUT2D eigenvalue weighted by Gasteiger charge is 2.18. The van der Waals surface area contributed by atoms with Crippen LogP contribution in [0.4, 0.5) is 0 Å². The van der Waals surface area contributed by atoms with Gasteiger partial charge in [0.1, 0.15) is 0 Å². The number of allylic oxidation sites excluding steroid dienone is 5. The van der Waals surface area contributed by atoms with Crippen LogP contribution in [0.25, 0.3) is 0 Å². The van der Waals surface area contributed by atoms with E-state index in [1.165, 1.54) is 244 Å². The highest BCUT2D eigenvalue weighted by molar-refractivity contribution is 5.76. The van der Waals surface area contributed by atoms with Gasteiger partial charge in [0, 0.05) is 12.8 Å². The summed E-state index contributed by atoms with van der Waals surface area (Å²) in [6, 6.07) is -0.635. The number of amides is 1. The van der Waals surface area contributed by atoms with Crippen molar-refractivity contribution in [1.82, 2.24) is 5.32 Å². The lowest BCUT2D eigenvalue weighted by atomic mass is 10.0. The number of carbonyl (C=O) groups excluding carboxylic acids is 2. The van der Waals surface area contributed by atoms with Crippen LogP contribution in [0.1, 0.15) is 322 Å². The lowest BCUT2D eigenvalue weighted by Gasteiger charge is -2.20. The average Bonchev–Trinajstić information content (AvgIpc) is 3.34. The molecule has 0 aromatic rings. The first kappa shape index (κ1) is 66.1. The van der Waals surface area contributed by atoms with Crippen LogP contribution < -0.4 is 5.32 Å². The maximum atomic E-state index is 12.5. The summed E-state index contributed by atoms with van der Waals surface area (Å²) in [6.45, 7) is 4.89. The van der Waals surface area contributed by atoms with Crippen molar-refractivity contribution in [1.29, 1.82) is 0 Å². The molecule has 6 heteroatoms. The molecule has 0 fully saturated rings. The number of esters is 1. The topological polar surface area (TPSA) is 95.9 Å². The van der Waals surface area contributed by atoms with E-state index in [1.807, 2.05) is 6.08 Å². The molecule has 0 heterocycles. The minimum atomic E-state index is -0.851. The standard InChI is InChI=1S/C62H117NO5/c1-3-5-7-9-11-13-15-17-18-19-24-27-31-34-38-42-46-50-54-60(65)59(58-64)63-61(66)55-51-47-43-39-35-32-28-25-22-20-21-23-26-29-33-37-41-45-49-53-57-68-62(67)56-52-48-44-40-36-30-16-14-12-10-8-6-4-2/h14,16,20,22,50,54,59-60,64-65H,3-13,15,17-19,21,23-49,51-53,55-58H2,1-2H3,(H,63,66)/b16-14-,22-20-,54-50+. The van der Waals surface area contributed by atoms with Gasteiger partial charge >= 0.3 is 5.97 Å². The molecule has 68 heavy (non-hydrogen) atoms. The van der Waals surface area contributed by atoms with Crippen LogP contribution in [0.2, 0.25) is 0 Å². The highest BCUT2D eigenvalue weighted by atomic mass is 16.5. The van der Waals surface area contributed by atoms with Crippen molar-refractivity contribution >= 4 is 11.9 Å². The number of aliphatic hydroxyl groups is 2. The van der Waals surface area contributed by atoms with Gasteiger partial charge in [-0.1, -0.05) is 262 Å². The lowest BCUT2D eigenvalue weighted by molar-refractivity contribution is -0.143. The van der Waals surface area contributed by atoms with E-state index in [-0.39, 0.29) is 18.5 Å². The van der Waals surface area contributed by atoms with E-state index >= 15 is 0 Å². The second-order valence-corrected chi connectivity index (χ2v) is 20.7. The second kappa shape index (κ2) is 57.7. The Kier molecular flexibility index (Phi) is 56.0. The molecule has 0 rings (SSSR count). The van der Waals surface area contributed by atoms with Crippen molar-refractivity contribution in [3.8, 4) is 0 Å². The molecular formula is C62H117NO5. The van der Waals surface area contributed by atoms with E-state index in [2.05, 4.69) is 43.5 Å². The van der Waals surface area contributed by atoms with Gasteiger partial charge in [-0.2, -0.15) is 0 Å². The number of ether oxygens (including phenoxy) is 1. The molecule has 2 atom stereocenters. The van der Waals surface area contributed by atoms with Gasteiger partial charge in [-0.3, -0.25) is 9.59 Å². The SMILES string of the molecule is CCCCCC/C=C\CCCCCCCC(=O)OCCCCCCCCCCC/C=C\CCCCCCCCCC(=O)NC(CO)C(O)/C=C/CCCCCCCCCCCCCCCCCC. The van der Waals surface area contributed by atoms with Crippen LogP contribution in [0.15, 0.2) is 36.5 Å². The Morgan fingerprint density at radius 1 is 0.397 bits per heavy atom. The molecule has 0 aromatic heterocycles. The smallest absolute Gasteiger partial charge is 0.305 e. The van der Waals surface area contributed by atoms with Gasteiger partial charge in [0.15, 0.2) is 0 Å². The monoisotopic (exact) mass is 956 g/mol. The third kappa shape index (κ3) is 53.4. The largest absolute Gasteiger partial charge is 0.466 e. The van der Waals surface area contributed by atoms with E-state index in [1.54, 1.807) is 6.08 Å². The zero-order chi connectivity index (χ0) is 49.3. The van der Waals surface area contributed by atoms with E-state index in [9.17, 15) is 19.8 Å². The molecule has 0 radical (unpaired) electrons. The van der Waals surface area contributed by atoms with E-state index in [4.69, 9.17) is 4.74 Å². The number of unbranched alkanes of at least 4 members (excludes halogenated alkanes) is 41. The molecule has 1 amide bonds. The predicted molar refractivity (Wildman–Crippen MR) is 296 cm³/mol. The summed E-state index contributed by atoms with van der Waals surface area (Å²) in [5, 5.41) is 23.2. The number of rotatable bonds is 56. The highest BCUT2D eigenvalue weighted by Crippen LogP contribution is 2.16. The Hall–Kier alpha value is -1.92. The molecule has 0 saturated heterocycles. The second-order valence-electron chi connectivity index (χ2n) is 20.7. The first-order valence-electron chi connectivity index (χ1n) is 30.3. The van der Waals surface area contributed by atoms with E-state index in [0.717, 1.165) is 51.4 Å². The molecule has 0 aliphatic carbocycles. The van der Waals surface area contributed by atoms with Crippen LogP contribution in [-0.4, -0.2) is 47.4 Å². The predicted octanol–water partition coefficient (Wildman–Crippen LogP) is 18.8. The number of hydrogen-bond donors (Lipinski definition) is 3. The molecule has 0 aliphatic heterocycles. The van der Waals surface area contributed by atoms with Crippen LogP contribution in [0.3, 0.4) is 0 Å². The van der Waals surface area contributed by atoms with Crippen molar-refractivity contribution in [2.24, 2.45) is 0 Å². The number of hydrogen-bond acceptors (Lipinski definition) is 5. The number of aliphatic hydroxyl groups excluding tert-OH is 2. The van der Waals surface area contributed by atoms with Crippen molar-refractivity contribution in [2.45, 2.75) is 334 Å². The van der Waals surface area contributed by atoms with Gasteiger partial charge in [-0.15, -0.1) is 0 Å². The minimum Gasteiger partial charge on any atom is -0.466 e. The Morgan fingerprint density at radius 2 is 0.691 bits per heavy atom. The molecule has 0 bridgehead atoms. The van der Waals surface area contributed by atoms with Crippen LogP contribution in [0, 0.1) is 0 Å². The minimum absolute atomic E-state index is 0.00378. The van der Waals surface area contributed by atoms with Gasteiger partial charge in [0.05, 0.1) is 25.4 Å². The summed E-state index contributed by atoms with van der Waals surface area (Å²) < 4.78 is 5.46. The van der Waals surface area contributed by atoms with Crippen molar-refractivity contribution in [3.05, 3.63) is 36.5 Å². The molecular weight excluding hydrogens is 839 g/mol. The van der Waals surface area contributed by atoms with Crippen molar-refractivity contribution in [3.63, 3.8) is 0 Å². The van der Waals surface area contributed by atoms with Crippen LogP contribution >= 0.6 is 0 Å². The summed E-state index contributed by atoms with van der Waals surface area (Å²) in [7, 11) is 0. The summed E-state index contributed by atoms with van der Waals surface area (Å²) in [4.78, 5) is 24.5. The Bertz CT molecular complexity index is 1100. The zero-order valence-electron chi connectivity index (χ0n) is 45.6. The Balaban J connectivity index is 3.47. The third-order valence-corrected chi connectivity index (χ3v) is 13.9.